The lowest BCUT2D eigenvalue weighted by molar-refractivity contribution is 0.705. The van der Waals surface area contributed by atoms with Gasteiger partial charge in [-0.25, -0.2) is 0 Å². The Morgan fingerprint density at radius 3 is 2.54 bits per heavy atom. The summed E-state index contributed by atoms with van der Waals surface area (Å²) in [5, 5.41) is 12.2. The standard InChI is InChI=1S/C16H12Cl3N5OS/c17-10-5-2-1-4-9(10)8-26-16-23-22-14(15(25)24(16)20)21-12-7-3-6-11(18)13(12)19/h1-7H,8,20H2,(H,21,22). The summed E-state index contributed by atoms with van der Waals surface area (Å²) < 4.78 is 0.926. The number of rotatable bonds is 5. The monoisotopic (exact) mass is 427 g/mol. The van der Waals surface area contributed by atoms with Crippen LogP contribution < -0.4 is 16.7 Å². The third-order valence-corrected chi connectivity index (χ3v) is 5.56. The number of nitrogens with one attached hydrogen (secondary N) is 1. The molecule has 6 nitrogen and oxygen atoms in total. The minimum absolute atomic E-state index is 0.0567. The normalized spacial score (nSPS) is 10.7. The molecule has 3 rings (SSSR count). The van der Waals surface area contributed by atoms with Crippen LogP contribution in [0, 0.1) is 0 Å². The number of aromatic nitrogens is 3. The van der Waals surface area contributed by atoms with E-state index in [1.54, 1.807) is 24.3 Å². The van der Waals surface area contributed by atoms with Gasteiger partial charge in [0.15, 0.2) is 0 Å². The van der Waals surface area contributed by atoms with Gasteiger partial charge in [-0.05, 0) is 23.8 Å². The predicted octanol–water partition coefficient (Wildman–Crippen LogP) is 4.35. The highest BCUT2D eigenvalue weighted by Crippen LogP contribution is 2.31. The lowest BCUT2D eigenvalue weighted by Gasteiger charge is -2.10. The van der Waals surface area contributed by atoms with Crippen LogP contribution >= 0.6 is 46.6 Å². The maximum absolute atomic E-state index is 12.4. The summed E-state index contributed by atoms with van der Waals surface area (Å²) >= 11 is 19.4. The summed E-state index contributed by atoms with van der Waals surface area (Å²) in [6, 6.07) is 12.4. The van der Waals surface area contributed by atoms with Gasteiger partial charge in [0.1, 0.15) is 0 Å². The largest absolute Gasteiger partial charge is 0.334 e. The number of thioether (sulfide) groups is 1. The van der Waals surface area contributed by atoms with Crippen LogP contribution in [-0.4, -0.2) is 14.9 Å². The van der Waals surface area contributed by atoms with E-state index < -0.39 is 5.56 Å². The average molecular weight is 429 g/mol. The van der Waals surface area contributed by atoms with E-state index in [4.69, 9.17) is 40.6 Å². The molecule has 26 heavy (non-hydrogen) atoms. The molecule has 0 unspecified atom stereocenters. The Bertz CT molecular complexity index is 1010. The zero-order chi connectivity index (χ0) is 18.7. The van der Waals surface area contributed by atoms with Gasteiger partial charge in [0.05, 0.1) is 15.7 Å². The lowest BCUT2D eigenvalue weighted by atomic mass is 10.2. The Kier molecular flexibility index (Phi) is 5.93. The molecule has 0 saturated carbocycles. The van der Waals surface area contributed by atoms with Gasteiger partial charge >= 0.3 is 5.56 Å². The van der Waals surface area contributed by atoms with E-state index in [-0.39, 0.29) is 16.0 Å². The minimum Gasteiger partial charge on any atom is -0.334 e. The Morgan fingerprint density at radius 2 is 1.77 bits per heavy atom. The minimum atomic E-state index is -0.544. The summed E-state index contributed by atoms with van der Waals surface area (Å²) in [6.07, 6.45) is 0. The fraction of sp³-hybridized carbons (Fsp3) is 0.0625. The van der Waals surface area contributed by atoms with Crippen LogP contribution in [0.1, 0.15) is 5.56 Å². The van der Waals surface area contributed by atoms with E-state index in [2.05, 4.69) is 15.5 Å². The first-order chi connectivity index (χ1) is 12.5. The first-order valence-electron chi connectivity index (χ1n) is 7.29. The molecule has 0 saturated heterocycles. The van der Waals surface area contributed by atoms with Gasteiger partial charge in [-0.15, -0.1) is 10.2 Å². The molecule has 10 heteroatoms. The molecular weight excluding hydrogens is 417 g/mol. The number of hydrogen-bond donors (Lipinski definition) is 2. The Labute approximate surface area is 168 Å². The summed E-state index contributed by atoms with van der Waals surface area (Å²) in [7, 11) is 0. The zero-order valence-electron chi connectivity index (χ0n) is 13.1. The molecule has 134 valence electrons. The van der Waals surface area contributed by atoms with Crippen molar-refractivity contribution in [3.8, 4) is 0 Å². The van der Waals surface area contributed by atoms with Crippen molar-refractivity contribution in [2.75, 3.05) is 11.2 Å². The van der Waals surface area contributed by atoms with Gasteiger partial charge in [0.2, 0.25) is 11.0 Å². The number of anilines is 2. The molecule has 0 radical (unpaired) electrons. The number of nitrogens with zero attached hydrogens (tertiary/aromatic N) is 3. The maximum Gasteiger partial charge on any atom is 0.315 e. The smallest absolute Gasteiger partial charge is 0.315 e. The molecule has 3 aromatic rings. The third-order valence-electron chi connectivity index (χ3n) is 3.38. The highest BCUT2D eigenvalue weighted by molar-refractivity contribution is 7.98. The van der Waals surface area contributed by atoms with Crippen LogP contribution in [0.15, 0.2) is 52.4 Å². The molecule has 0 aliphatic rings. The van der Waals surface area contributed by atoms with Crippen molar-refractivity contribution < 1.29 is 0 Å². The molecule has 2 aromatic carbocycles. The van der Waals surface area contributed by atoms with Gasteiger partial charge in [-0.2, -0.15) is 4.68 Å². The molecular formula is C16H12Cl3N5OS. The molecule has 1 heterocycles. The molecule has 1 aromatic heterocycles. The molecule has 0 fully saturated rings. The van der Waals surface area contributed by atoms with Crippen molar-refractivity contribution >= 4 is 58.1 Å². The summed E-state index contributed by atoms with van der Waals surface area (Å²) in [6.45, 7) is 0. The van der Waals surface area contributed by atoms with Crippen molar-refractivity contribution in [1.82, 2.24) is 14.9 Å². The quantitative estimate of drug-likeness (QED) is 0.464. The number of halogens is 3. The van der Waals surface area contributed by atoms with Crippen LogP contribution in [0.4, 0.5) is 11.5 Å². The topological polar surface area (TPSA) is 85.8 Å². The molecule has 0 aliphatic carbocycles. The summed E-state index contributed by atoms with van der Waals surface area (Å²) in [5.74, 6) is 6.30. The first-order valence-corrected chi connectivity index (χ1v) is 9.41. The second-order valence-electron chi connectivity index (χ2n) is 5.11. The second kappa shape index (κ2) is 8.18. The molecule has 0 amide bonds. The van der Waals surface area contributed by atoms with E-state index in [0.717, 1.165) is 10.2 Å². The van der Waals surface area contributed by atoms with Crippen molar-refractivity contribution in [1.29, 1.82) is 0 Å². The van der Waals surface area contributed by atoms with Crippen LogP contribution in [-0.2, 0) is 5.75 Å². The van der Waals surface area contributed by atoms with Crippen LogP contribution in [0.3, 0.4) is 0 Å². The van der Waals surface area contributed by atoms with Crippen molar-refractivity contribution in [2.24, 2.45) is 0 Å². The average Bonchev–Trinajstić information content (AvgIpc) is 2.63. The van der Waals surface area contributed by atoms with E-state index >= 15 is 0 Å². The lowest BCUT2D eigenvalue weighted by Crippen LogP contribution is -2.32. The Hall–Kier alpha value is -1.93. The van der Waals surface area contributed by atoms with E-state index in [1.807, 2.05) is 18.2 Å². The summed E-state index contributed by atoms with van der Waals surface area (Å²) in [4.78, 5) is 12.4. The number of nitrogen functional groups attached to an aromatic ring is 1. The van der Waals surface area contributed by atoms with Gasteiger partial charge in [0, 0.05) is 10.8 Å². The fourth-order valence-electron chi connectivity index (χ4n) is 2.05. The first kappa shape index (κ1) is 18.8. The van der Waals surface area contributed by atoms with Crippen LogP contribution in [0.2, 0.25) is 15.1 Å². The highest BCUT2D eigenvalue weighted by Gasteiger charge is 2.13. The van der Waals surface area contributed by atoms with E-state index in [9.17, 15) is 4.79 Å². The maximum atomic E-state index is 12.4. The number of benzene rings is 2. The molecule has 0 aliphatic heterocycles. The van der Waals surface area contributed by atoms with Crippen molar-refractivity contribution in [2.45, 2.75) is 10.9 Å². The SMILES string of the molecule is Nn1c(SCc2ccccc2Cl)nnc(Nc2cccc(Cl)c2Cl)c1=O. The zero-order valence-corrected chi connectivity index (χ0v) is 16.2. The molecule has 0 atom stereocenters. The van der Waals surface area contributed by atoms with Gasteiger partial charge < -0.3 is 11.2 Å². The van der Waals surface area contributed by atoms with E-state index in [0.29, 0.717) is 21.5 Å². The highest BCUT2D eigenvalue weighted by atomic mass is 35.5. The second-order valence-corrected chi connectivity index (χ2v) is 7.25. The van der Waals surface area contributed by atoms with Crippen LogP contribution in [0.5, 0.6) is 0 Å². The van der Waals surface area contributed by atoms with Crippen LogP contribution in [0.25, 0.3) is 0 Å². The third kappa shape index (κ3) is 4.07. The fourth-order valence-corrected chi connectivity index (χ4v) is 3.53. The number of hydrogen-bond acceptors (Lipinski definition) is 6. The Morgan fingerprint density at radius 1 is 1.04 bits per heavy atom. The van der Waals surface area contributed by atoms with Gasteiger partial charge in [-0.1, -0.05) is 70.8 Å². The van der Waals surface area contributed by atoms with Gasteiger partial charge in [0.25, 0.3) is 0 Å². The molecule has 0 spiro atoms. The number of nitrogens with two attached hydrogens (primary N) is 1. The molecule has 0 bridgehead atoms. The predicted molar refractivity (Wildman–Crippen MR) is 107 cm³/mol. The summed E-state index contributed by atoms with van der Waals surface area (Å²) in [5.41, 5.74) is 0.793. The van der Waals surface area contributed by atoms with Crippen molar-refractivity contribution in [3.63, 3.8) is 0 Å². The molecule has 3 N–H and O–H groups in total. The van der Waals surface area contributed by atoms with E-state index in [1.165, 1.54) is 11.8 Å². The Balaban J connectivity index is 1.81. The van der Waals surface area contributed by atoms with Gasteiger partial charge in [-0.3, -0.25) is 4.79 Å². The van der Waals surface area contributed by atoms with Crippen molar-refractivity contribution in [3.05, 3.63) is 73.4 Å².